The molecule has 4 nitrogen and oxygen atoms in total. The number of hydrogen-bond acceptors (Lipinski definition) is 4. The summed E-state index contributed by atoms with van der Waals surface area (Å²) >= 11 is 1.41. The summed E-state index contributed by atoms with van der Waals surface area (Å²) in [5, 5.41) is 5.41. The minimum absolute atomic E-state index is 0. The number of aryl methyl sites for hydroxylation is 2. The summed E-state index contributed by atoms with van der Waals surface area (Å²) < 4.78 is 0. The Labute approximate surface area is 127 Å². The number of carbonyl (C=O) groups is 1. The zero-order valence-corrected chi connectivity index (χ0v) is 12.5. The lowest BCUT2D eigenvalue weighted by molar-refractivity contribution is 0.102. The first kappa shape index (κ1) is 15.0. The van der Waals surface area contributed by atoms with Gasteiger partial charge in [0.25, 0.3) is 5.91 Å². The summed E-state index contributed by atoms with van der Waals surface area (Å²) in [4.78, 5) is 16.2. The van der Waals surface area contributed by atoms with Gasteiger partial charge in [-0.3, -0.25) is 4.79 Å². The Bertz CT molecular complexity index is 627. The Morgan fingerprint density at radius 2 is 2.15 bits per heavy atom. The lowest BCUT2D eigenvalue weighted by Crippen LogP contribution is -2.13. The second-order valence-electron chi connectivity index (χ2n) is 4.62. The number of nitrogens with two attached hydrogens (primary N) is 1. The molecule has 3 N–H and O–H groups in total. The van der Waals surface area contributed by atoms with Crippen LogP contribution in [0.15, 0.2) is 23.6 Å². The van der Waals surface area contributed by atoms with E-state index in [2.05, 4.69) is 22.4 Å². The van der Waals surface area contributed by atoms with E-state index < -0.39 is 0 Å². The maximum atomic E-state index is 12.0. The van der Waals surface area contributed by atoms with Crippen molar-refractivity contribution in [2.45, 2.75) is 25.8 Å². The lowest BCUT2D eigenvalue weighted by Gasteiger charge is -2.06. The van der Waals surface area contributed by atoms with Gasteiger partial charge >= 0.3 is 0 Å². The Hall–Kier alpha value is -1.43. The average Bonchev–Trinajstić information content (AvgIpc) is 3.06. The van der Waals surface area contributed by atoms with Crippen LogP contribution < -0.4 is 11.1 Å². The van der Waals surface area contributed by atoms with Crippen LogP contribution in [0, 0.1) is 0 Å². The molecule has 0 saturated carbocycles. The van der Waals surface area contributed by atoms with E-state index in [4.69, 9.17) is 5.73 Å². The third-order valence-corrected chi connectivity index (χ3v) is 4.19. The first-order valence-corrected chi connectivity index (χ1v) is 7.22. The second kappa shape index (κ2) is 6.35. The smallest absolute Gasteiger partial charge is 0.275 e. The van der Waals surface area contributed by atoms with E-state index in [1.54, 1.807) is 5.38 Å². The van der Waals surface area contributed by atoms with E-state index in [0.29, 0.717) is 12.2 Å². The molecule has 0 unspecified atom stereocenters. The van der Waals surface area contributed by atoms with E-state index >= 15 is 0 Å². The summed E-state index contributed by atoms with van der Waals surface area (Å²) in [7, 11) is 0. The normalized spacial score (nSPS) is 12.7. The van der Waals surface area contributed by atoms with Gasteiger partial charge in [0.2, 0.25) is 0 Å². The van der Waals surface area contributed by atoms with Gasteiger partial charge in [-0.15, -0.1) is 23.7 Å². The number of fused-ring (bicyclic) bond motifs is 1. The number of anilines is 1. The first-order valence-electron chi connectivity index (χ1n) is 6.34. The molecule has 2 aromatic rings. The van der Waals surface area contributed by atoms with E-state index in [1.165, 1.54) is 28.9 Å². The molecule has 1 aliphatic rings. The van der Waals surface area contributed by atoms with Crippen LogP contribution in [-0.4, -0.2) is 10.9 Å². The molecule has 6 heteroatoms. The fourth-order valence-corrected chi connectivity index (χ4v) is 3.01. The monoisotopic (exact) mass is 309 g/mol. The summed E-state index contributed by atoms with van der Waals surface area (Å²) in [5.74, 6) is -0.172. The van der Waals surface area contributed by atoms with Gasteiger partial charge in [-0.05, 0) is 42.5 Å². The molecule has 1 aromatic carbocycles. The highest BCUT2D eigenvalue weighted by Gasteiger charge is 2.14. The van der Waals surface area contributed by atoms with Gasteiger partial charge in [0.15, 0.2) is 0 Å². The summed E-state index contributed by atoms with van der Waals surface area (Å²) in [6, 6.07) is 6.12. The van der Waals surface area contributed by atoms with Gasteiger partial charge in [0, 0.05) is 17.6 Å². The number of halogens is 1. The molecular weight excluding hydrogens is 294 g/mol. The Morgan fingerprint density at radius 1 is 1.35 bits per heavy atom. The summed E-state index contributed by atoms with van der Waals surface area (Å²) in [6.07, 6.45) is 3.46. The molecule has 1 aliphatic carbocycles. The fourth-order valence-electron chi connectivity index (χ4n) is 2.35. The van der Waals surface area contributed by atoms with Crippen LogP contribution in [-0.2, 0) is 19.4 Å². The SMILES string of the molecule is Cl.NCc1nc(C(=O)Nc2ccc3c(c2)CCC3)cs1. The predicted molar refractivity (Wildman–Crippen MR) is 83.7 cm³/mol. The standard InChI is InChI=1S/C14H15N3OS.ClH/c15-7-13-17-12(8-19-13)14(18)16-11-5-4-9-2-1-3-10(9)6-11;/h4-6,8H,1-3,7,15H2,(H,16,18);1H. The highest BCUT2D eigenvalue weighted by molar-refractivity contribution is 7.09. The van der Waals surface area contributed by atoms with Crippen molar-refractivity contribution in [3.05, 3.63) is 45.4 Å². The van der Waals surface area contributed by atoms with Crippen LogP contribution in [0.2, 0.25) is 0 Å². The molecule has 0 spiro atoms. The first-order chi connectivity index (χ1) is 9.26. The Morgan fingerprint density at radius 3 is 2.90 bits per heavy atom. The Kier molecular flexibility index (Phi) is 4.75. The molecule has 1 amide bonds. The van der Waals surface area contributed by atoms with Crippen LogP contribution in [0.1, 0.15) is 33.0 Å². The van der Waals surface area contributed by atoms with Crippen LogP contribution in [0.4, 0.5) is 5.69 Å². The number of nitrogens with one attached hydrogen (secondary N) is 1. The van der Waals surface area contributed by atoms with Gasteiger partial charge in [-0.25, -0.2) is 4.98 Å². The van der Waals surface area contributed by atoms with Crippen molar-refractivity contribution >= 4 is 35.3 Å². The number of rotatable bonds is 3. The molecule has 3 rings (SSSR count). The van der Waals surface area contributed by atoms with Crippen molar-refractivity contribution in [3.63, 3.8) is 0 Å². The summed E-state index contributed by atoms with van der Waals surface area (Å²) in [6.45, 7) is 0.372. The van der Waals surface area contributed by atoms with Crippen LogP contribution in [0.3, 0.4) is 0 Å². The molecule has 0 atom stereocenters. The topological polar surface area (TPSA) is 68.0 Å². The molecule has 0 saturated heterocycles. The van der Waals surface area contributed by atoms with E-state index in [1.807, 2.05) is 6.07 Å². The number of carbonyl (C=O) groups excluding carboxylic acids is 1. The van der Waals surface area contributed by atoms with E-state index in [-0.39, 0.29) is 18.3 Å². The van der Waals surface area contributed by atoms with E-state index in [9.17, 15) is 4.79 Å². The quantitative estimate of drug-likeness (QED) is 0.916. The maximum absolute atomic E-state index is 12.0. The maximum Gasteiger partial charge on any atom is 0.275 e. The molecule has 1 aromatic heterocycles. The van der Waals surface area contributed by atoms with Crippen molar-refractivity contribution in [1.82, 2.24) is 4.98 Å². The van der Waals surface area contributed by atoms with Gasteiger partial charge in [-0.1, -0.05) is 6.07 Å². The third-order valence-electron chi connectivity index (χ3n) is 3.32. The number of hydrogen-bond donors (Lipinski definition) is 2. The van der Waals surface area contributed by atoms with Gasteiger partial charge in [0.1, 0.15) is 10.7 Å². The largest absolute Gasteiger partial charge is 0.325 e. The van der Waals surface area contributed by atoms with Crippen molar-refractivity contribution in [1.29, 1.82) is 0 Å². The third kappa shape index (κ3) is 3.00. The molecule has 20 heavy (non-hydrogen) atoms. The van der Waals surface area contributed by atoms with Gasteiger partial charge in [-0.2, -0.15) is 0 Å². The molecule has 0 fully saturated rings. The number of nitrogens with zero attached hydrogens (tertiary/aromatic N) is 1. The van der Waals surface area contributed by atoms with Crippen molar-refractivity contribution in [3.8, 4) is 0 Å². The van der Waals surface area contributed by atoms with Crippen molar-refractivity contribution in [2.75, 3.05) is 5.32 Å². The fraction of sp³-hybridized carbons (Fsp3) is 0.286. The molecule has 0 aliphatic heterocycles. The average molecular weight is 310 g/mol. The van der Waals surface area contributed by atoms with Crippen molar-refractivity contribution < 1.29 is 4.79 Å². The number of thiazole rings is 1. The van der Waals surface area contributed by atoms with Gasteiger partial charge in [0.05, 0.1) is 0 Å². The number of aromatic nitrogens is 1. The zero-order valence-electron chi connectivity index (χ0n) is 10.9. The highest BCUT2D eigenvalue weighted by Crippen LogP contribution is 2.25. The summed E-state index contributed by atoms with van der Waals surface area (Å²) in [5.41, 5.74) is 9.52. The number of amides is 1. The lowest BCUT2D eigenvalue weighted by atomic mass is 10.1. The minimum atomic E-state index is -0.172. The second-order valence-corrected chi connectivity index (χ2v) is 5.56. The van der Waals surface area contributed by atoms with Crippen molar-refractivity contribution in [2.24, 2.45) is 5.73 Å². The predicted octanol–water partition coefficient (Wildman–Crippen LogP) is 2.76. The van der Waals surface area contributed by atoms with Crippen LogP contribution >= 0.6 is 23.7 Å². The van der Waals surface area contributed by atoms with E-state index in [0.717, 1.165) is 23.5 Å². The molecule has 1 heterocycles. The molecule has 0 radical (unpaired) electrons. The number of benzene rings is 1. The van der Waals surface area contributed by atoms with Crippen LogP contribution in [0.25, 0.3) is 0 Å². The Balaban J connectivity index is 0.00000147. The molecular formula is C14H16ClN3OS. The van der Waals surface area contributed by atoms with Gasteiger partial charge < -0.3 is 11.1 Å². The van der Waals surface area contributed by atoms with Crippen LogP contribution in [0.5, 0.6) is 0 Å². The minimum Gasteiger partial charge on any atom is -0.325 e. The molecule has 0 bridgehead atoms. The highest BCUT2D eigenvalue weighted by atomic mass is 35.5. The molecule has 106 valence electrons. The zero-order chi connectivity index (χ0) is 13.2.